The number of fused-ring (bicyclic) bond motifs is 1. The minimum atomic E-state index is -3.46. The van der Waals surface area contributed by atoms with Gasteiger partial charge in [-0.05, 0) is 24.6 Å². The number of ether oxygens (including phenoxy) is 1. The maximum atomic E-state index is 12.9. The van der Waals surface area contributed by atoms with Crippen molar-refractivity contribution in [1.82, 2.24) is 4.31 Å². The average Bonchev–Trinajstić information content (AvgIpc) is 2.98. The van der Waals surface area contributed by atoms with E-state index in [9.17, 15) is 13.2 Å². The number of nitrogens with zero attached hydrogens (tertiary/aromatic N) is 1. The van der Waals surface area contributed by atoms with Gasteiger partial charge in [0.25, 0.3) is 0 Å². The number of benzene rings is 2. The topological polar surface area (TPSA) is 63.7 Å². The molecule has 2 aromatic carbocycles. The Morgan fingerprint density at radius 1 is 1.15 bits per heavy atom. The number of hydrogen-bond acceptors (Lipinski definition) is 4. The summed E-state index contributed by atoms with van der Waals surface area (Å²) >= 11 is 0. The van der Waals surface area contributed by atoms with Gasteiger partial charge in [-0.2, -0.15) is 4.31 Å². The molecule has 1 atom stereocenters. The van der Waals surface area contributed by atoms with Crippen molar-refractivity contribution in [3.05, 3.63) is 65.2 Å². The van der Waals surface area contributed by atoms with E-state index in [1.54, 1.807) is 12.1 Å². The Kier molecular flexibility index (Phi) is 4.12. The summed E-state index contributed by atoms with van der Waals surface area (Å²) in [6.45, 7) is 2.55. The summed E-state index contributed by atoms with van der Waals surface area (Å²) in [7, 11) is -3.46. The molecule has 6 heteroatoms. The van der Waals surface area contributed by atoms with Crippen molar-refractivity contribution in [1.29, 1.82) is 0 Å². The van der Waals surface area contributed by atoms with Gasteiger partial charge in [-0.1, -0.05) is 42.0 Å². The molecule has 26 heavy (non-hydrogen) atoms. The largest absolute Gasteiger partial charge is 0.485 e. The fraction of sp³-hybridized carbons (Fsp3) is 0.350. The van der Waals surface area contributed by atoms with E-state index in [1.165, 1.54) is 4.31 Å². The molecule has 2 aromatic rings. The molecule has 0 aliphatic carbocycles. The molecule has 1 saturated heterocycles. The third-order valence-corrected chi connectivity index (χ3v) is 6.90. The molecule has 1 fully saturated rings. The fourth-order valence-electron chi connectivity index (χ4n) is 3.82. The van der Waals surface area contributed by atoms with Crippen molar-refractivity contribution in [2.24, 2.45) is 0 Å². The lowest BCUT2D eigenvalue weighted by Crippen LogP contribution is -2.45. The van der Waals surface area contributed by atoms with Gasteiger partial charge in [-0.25, -0.2) is 8.42 Å². The second-order valence-electron chi connectivity index (χ2n) is 7.21. The highest BCUT2D eigenvalue weighted by Crippen LogP contribution is 2.39. The first-order chi connectivity index (χ1) is 12.4. The van der Waals surface area contributed by atoms with Crippen LogP contribution in [0.25, 0.3) is 0 Å². The van der Waals surface area contributed by atoms with Gasteiger partial charge in [0.2, 0.25) is 10.0 Å². The Bertz CT molecular complexity index is 969. The molecule has 136 valence electrons. The van der Waals surface area contributed by atoms with E-state index >= 15 is 0 Å². The normalized spacial score (nSPS) is 23.0. The van der Waals surface area contributed by atoms with Crippen LogP contribution in [0.2, 0.25) is 0 Å². The van der Waals surface area contributed by atoms with E-state index in [0.717, 1.165) is 11.1 Å². The lowest BCUT2D eigenvalue weighted by Gasteiger charge is -2.34. The molecule has 0 saturated carbocycles. The molecule has 4 rings (SSSR count). The van der Waals surface area contributed by atoms with Crippen LogP contribution < -0.4 is 4.74 Å². The third-order valence-electron chi connectivity index (χ3n) is 5.10. The monoisotopic (exact) mass is 371 g/mol. The Hall–Kier alpha value is -2.18. The predicted octanol–water partition coefficient (Wildman–Crippen LogP) is 2.93. The molecule has 5 nitrogen and oxygen atoms in total. The summed E-state index contributed by atoms with van der Waals surface area (Å²) < 4.78 is 33.3. The molecule has 1 unspecified atom stereocenters. The first-order valence-corrected chi connectivity index (χ1v) is 10.3. The molecule has 0 radical (unpaired) electrons. The molecule has 0 bridgehead atoms. The van der Waals surface area contributed by atoms with Crippen LogP contribution in [0.15, 0.2) is 48.5 Å². The first-order valence-electron chi connectivity index (χ1n) is 8.72. The van der Waals surface area contributed by atoms with Crippen molar-refractivity contribution >= 4 is 15.8 Å². The number of carbonyl (C=O) groups excluding carboxylic acids is 1. The van der Waals surface area contributed by atoms with Crippen molar-refractivity contribution in [3.63, 3.8) is 0 Å². The van der Waals surface area contributed by atoms with Gasteiger partial charge in [0.1, 0.15) is 11.4 Å². The van der Waals surface area contributed by atoms with Crippen LogP contribution >= 0.6 is 0 Å². The van der Waals surface area contributed by atoms with Gasteiger partial charge in [0.15, 0.2) is 5.78 Å². The highest BCUT2D eigenvalue weighted by Gasteiger charge is 2.48. The number of carbonyl (C=O) groups is 1. The summed E-state index contributed by atoms with van der Waals surface area (Å²) in [5.74, 6) is 0.543. The van der Waals surface area contributed by atoms with Crippen molar-refractivity contribution < 1.29 is 17.9 Å². The number of ketones is 1. The fourth-order valence-corrected chi connectivity index (χ4v) is 5.40. The van der Waals surface area contributed by atoms with Crippen LogP contribution in [-0.2, 0) is 15.8 Å². The standard InChI is InChI=1S/C20H21NO4S/c1-15-5-4-6-16(11-15)13-26(23,24)21-10-9-20(14-21)12-18(22)17-7-2-3-8-19(17)25-20/h2-8,11H,9-10,12-14H2,1H3. The van der Waals surface area contributed by atoms with Gasteiger partial charge >= 0.3 is 0 Å². The predicted molar refractivity (Wildman–Crippen MR) is 98.7 cm³/mol. The number of para-hydroxylation sites is 1. The zero-order valence-electron chi connectivity index (χ0n) is 14.6. The van der Waals surface area contributed by atoms with Crippen LogP contribution in [-0.4, -0.2) is 37.2 Å². The maximum Gasteiger partial charge on any atom is 0.218 e. The molecule has 0 N–H and O–H groups in total. The molecule has 2 aliphatic rings. The molecule has 0 aromatic heterocycles. The Balaban J connectivity index is 1.54. The maximum absolute atomic E-state index is 12.9. The zero-order chi connectivity index (χ0) is 18.4. The van der Waals surface area contributed by atoms with Crippen molar-refractivity contribution in [3.8, 4) is 5.75 Å². The van der Waals surface area contributed by atoms with Crippen molar-refractivity contribution in [2.75, 3.05) is 13.1 Å². The summed E-state index contributed by atoms with van der Waals surface area (Å²) in [6, 6.07) is 14.7. The number of sulfonamides is 1. The smallest absolute Gasteiger partial charge is 0.218 e. The Morgan fingerprint density at radius 3 is 2.77 bits per heavy atom. The zero-order valence-corrected chi connectivity index (χ0v) is 15.5. The third kappa shape index (κ3) is 3.15. The van der Waals surface area contributed by atoms with E-state index in [0.29, 0.717) is 24.3 Å². The van der Waals surface area contributed by atoms with E-state index in [4.69, 9.17) is 4.74 Å². The summed E-state index contributed by atoms with van der Waals surface area (Å²) in [4.78, 5) is 12.5. The molecular weight excluding hydrogens is 350 g/mol. The minimum Gasteiger partial charge on any atom is -0.485 e. The summed E-state index contributed by atoms with van der Waals surface area (Å²) in [6.07, 6.45) is 0.751. The van der Waals surface area contributed by atoms with Crippen LogP contribution in [0.1, 0.15) is 34.3 Å². The van der Waals surface area contributed by atoms with E-state index in [-0.39, 0.29) is 24.5 Å². The van der Waals surface area contributed by atoms with Crippen LogP contribution in [0, 0.1) is 6.92 Å². The molecule has 2 aliphatic heterocycles. The van der Waals surface area contributed by atoms with Gasteiger partial charge in [0, 0.05) is 13.0 Å². The van der Waals surface area contributed by atoms with Crippen LogP contribution in [0.3, 0.4) is 0 Å². The second kappa shape index (κ2) is 6.21. The van der Waals surface area contributed by atoms with E-state index in [2.05, 4.69) is 0 Å². The number of hydrogen-bond donors (Lipinski definition) is 0. The van der Waals surface area contributed by atoms with Crippen molar-refractivity contribution in [2.45, 2.75) is 31.1 Å². The van der Waals surface area contributed by atoms with Gasteiger partial charge in [-0.3, -0.25) is 4.79 Å². The van der Waals surface area contributed by atoms with E-state index < -0.39 is 15.6 Å². The van der Waals surface area contributed by atoms with Gasteiger partial charge < -0.3 is 4.74 Å². The van der Waals surface area contributed by atoms with Crippen LogP contribution in [0.5, 0.6) is 5.75 Å². The van der Waals surface area contributed by atoms with Crippen LogP contribution in [0.4, 0.5) is 0 Å². The quantitative estimate of drug-likeness (QED) is 0.832. The number of Topliss-reactive ketones (excluding diaryl/α,β-unsaturated/α-hetero) is 1. The molecule has 2 heterocycles. The molecule has 0 amide bonds. The average molecular weight is 371 g/mol. The highest BCUT2D eigenvalue weighted by molar-refractivity contribution is 7.88. The lowest BCUT2D eigenvalue weighted by molar-refractivity contribution is 0.0498. The highest BCUT2D eigenvalue weighted by atomic mass is 32.2. The van der Waals surface area contributed by atoms with E-state index in [1.807, 2.05) is 43.3 Å². The van der Waals surface area contributed by atoms with Gasteiger partial charge in [0.05, 0.1) is 24.3 Å². The Labute approximate surface area is 153 Å². The SMILES string of the molecule is Cc1cccc(CS(=O)(=O)N2CCC3(CC(=O)c4ccccc4O3)C2)c1. The van der Waals surface area contributed by atoms with Gasteiger partial charge in [-0.15, -0.1) is 0 Å². The summed E-state index contributed by atoms with van der Waals surface area (Å²) in [5, 5.41) is 0. The Morgan fingerprint density at radius 2 is 1.96 bits per heavy atom. The second-order valence-corrected chi connectivity index (χ2v) is 9.18. The molecule has 1 spiro atoms. The number of aryl methyl sites for hydroxylation is 1. The number of rotatable bonds is 3. The lowest BCUT2D eigenvalue weighted by atomic mass is 9.89. The first kappa shape index (κ1) is 17.2. The molecular formula is C20H21NO4S. The summed E-state index contributed by atoms with van der Waals surface area (Å²) in [5.41, 5.74) is 1.65. The minimum absolute atomic E-state index is 0.0183.